The maximum absolute atomic E-state index is 11.5. The van der Waals surface area contributed by atoms with Gasteiger partial charge in [0.25, 0.3) is 0 Å². The van der Waals surface area contributed by atoms with E-state index in [0.29, 0.717) is 0 Å². The normalized spacial score (nSPS) is 9.47. The van der Waals surface area contributed by atoms with Gasteiger partial charge in [-0.05, 0) is 25.1 Å². The maximum atomic E-state index is 11.5. The molecule has 1 rings (SSSR count). The first-order chi connectivity index (χ1) is 7.25. The zero-order valence-corrected chi connectivity index (χ0v) is 8.90. The second-order valence-corrected chi connectivity index (χ2v) is 2.97. The van der Waals surface area contributed by atoms with Crippen molar-refractivity contribution in [3.63, 3.8) is 0 Å². The van der Waals surface area contributed by atoms with Crippen molar-refractivity contribution in [1.29, 1.82) is 0 Å². The fraction of sp³-hybridized carbons (Fsp3) is 0.154. The fourth-order valence-corrected chi connectivity index (χ4v) is 1.04. The molecule has 1 aromatic rings. The molecule has 0 fully saturated rings. The highest BCUT2D eigenvalue weighted by Gasteiger charge is 2.05. The van der Waals surface area contributed by atoms with E-state index in [2.05, 4.69) is 11.8 Å². The monoisotopic (exact) mass is 199 g/mol. The number of carbonyl (C=O) groups is 1. The van der Waals surface area contributed by atoms with Crippen molar-refractivity contribution >= 4 is 11.6 Å². The van der Waals surface area contributed by atoms with Crippen LogP contribution in [0, 0.1) is 11.8 Å². The van der Waals surface area contributed by atoms with Gasteiger partial charge in [0.15, 0.2) is 0 Å². The van der Waals surface area contributed by atoms with Gasteiger partial charge in [0.1, 0.15) is 0 Å². The summed E-state index contributed by atoms with van der Waals surface area (Å²) in [7, 11) is 1.71. The van der Waals surface area contributed by atoms with Crippen LogP contribution in [0.25, 0.3) is 0 Å². The summed E-state index contributed by atoms with van der Waals surface area (Å²) in [6, 6.07) is 9.43. The predicted molar refractivity (Wildman–Crippen MR) is 62.4 cm³/mol. The highest BCUT2D eigenvalue weighted by atomic mass is 16.2. The van der Waals surface area contributed by atoms with Crippen molar-refractivity contribution in [2.24, 2.45) is 0 Å². The number of anilines is 1. The lowest BCUT2D eigenvalue weighted by Gasteiger charge is -2.12. The van der Waals surface area contributed by atoms with E-state index in [0.717, 1.165) is 5.69 Å². The third kappa shape index (κ3) is 3.32. The molecule has 0 radical (unpaired) electrons. The number of allylic oxidation sites excluding steroid dienone is 2. The molecule has 0 heterocycles. The summed E-state index contributed by atoms with van der Waals surface area (Å²) in [6.45, 7) is 1.86. The minimum Gasteiger partial charge on any atom is -0.305 e. The van der Waals surface area contributed by atoms with Crippen LogP contribution in [0.2, 0.25) is 0 Å². The molecule has 0 atom stereocenters. The highest BCUT2D eigenvalue weighted by molar-refractivity contribution is 6.05. The van der Waals surface area contributed by atoms with Crippen molar-refractivity contribution in [3.8, 4) is 11.8 Å². The highest BCUT2D eigenvalue weighted by Crippen LogP contribution is 2.10. The molecule has 0 saturated carbocycles. The van der Waals surface area contributed by atoms with Gasteiger partial charge in [-0.1, -0.05) is 30.2 Å². The number of para-hydroxylation sites is 1. The summed E-state index contributed by atoms with van der Waals surface area (Å²) >= 11 is 0. The number of nitrogens with zero attached hydrogens (tertiary/aromatic N) is 1. The van der Waals surface area contributed by atoms with Gasteiger partial charge in [-0.15, -0.1) is 0 Å². The first-order valence-electron chi connectivity index (χ1n) is 4.71. The van der Waals surface area contributed by atoms with E-state index in [-0.39, 0.29) is 5.91 Å². The Balaban J connectivity index is 2.75. The summed E-state index contributed by atoms with van der Waals surface area (Å²) in [4.78, 5) is 13.1. The van der Waals surface area contributed by atoms with E-state index >= 15 is 0 Å². The molecule has 0 saturated heterocycles. The number of rotatable bonds is 1. The van der Waals surface area contributed by atoms with Gasteiger partial charge in [-0.2, -0.15) is 0 Å². The van der Waals surface area contributed by atoms with Gasteiger partial charge in [-0.25, -0.2) is 0 Å². The van der Waals surface area contributed by atoms with Crippen LogP contribution in [0.5, 0.6) is 0 Å². The molecule has 0 bridgehead atoms. The van der Waals surface area contributed by atoms with Gasteiger partial charge >= 0.3 is 5.91 Å². The molecular formula is C13H13NO. The Morgan fingerprint density at radius 1 is 1.33 bits per heavy atom. The summed E-state index contributed by atoms with van der Waals surface area (Å²) in [5, 5.41) is 0. The van der Waals surface area contributed by atoms with Crippen molar-refractivity contribution in [3.05, 3.63) is 42.5 Å². The average Bonchev–Trinajstić information content (AvgIpc) is 2.29. The fourth-order valence-electron chi connectivity index (χ4n) is 1.04. The Morgan fingerprint density at radius 3 is 2.60 bits per heavy atom. The van der Waals surface area contributed by atoms with E-state index in [9.17, 15) is 4.79 Å². The number of hydrogen-bond acceptors (Lipinski definition) is 1. The predicted octanol–water partition coefficient (Wildman–Crippen LogP) is 2.23. The van der Waals surface area contributed by atoms with E-state index in [1.165, 1.54) is 4.90 Å². The molecule has 0 aromatic heterocycles. The zero-order chi connectivity index (χ0) is 11.1. The summed E-state index contributed by atoms with van der Waals surface area (Å²) < 4.78 is 0. The van der Waals surface area contributed by atoms with Gasteiger partial charge in [0, 0.05) is 18.7 Å². The number of benzene rings is 1. The second-order valence-electron chi connectivity index (χ2n) is 2.97. The minimum atomic E-state index is -0.209. The van der Waals surface area contributed by atoms with E-state index in [1.54, 1.807) is 19.2 Å². The molecule has 0 aliphatic rings. The molecule has 1 amide bonds. The van der Waals surface area contributed by atoms with Crippen LogP contribution >= 0.6 is 0 Å². The number of amides is 1. The number of hydrogen-bond donors (Lipinski definition) is 0. The van der Waals surface area contributed by atoms with Gasteiger partial charge in [0.05, 0.1) is 0 Å². The van der Waals surface area contributed by atoms with Crippen molar-refractivity contribution in [2.75, 3.05) is 11.9 Å². The Bertz CT molecular complexity index is 409. The lowest BCUT2D eigenvalue weighted by atomic mass is 10.3. The molecule has 0 unspecified atom stereocenters. The molecule has 1 aromatic carbocycles. The van der Waals surface area contributed by atoms with E-state index < -0.39 is 0 Å². The standard InChI is InChI=1S/C13H13NO/c1-3-4-6-11-13(15)14(2)12-9-7-5-8-10-12/h3-5,7-10H,1-2H3/b4-3+. The SMILES string of the molecule is C/C=C/C#CC(=O)N(C)c1ccccc1. The van der Waals surface area contributed by atoms with Gasteiger partial charge in [0.2, 0.25) is 0 Å². The van der Waals surface area contributed by atoms with Gasteiger partial charge < -0.3 is 4.90 Å². The van der Waals surface area contributed by atoms with Crippen molar-refractivity contribution in [1.82, 2.24) is 0 Å². The summed E-state index contributed by atoms with van der Waals surface area (Å²) in [5.74, 6) is 4.99. The Morgan fingerprint density at radius 2 is 2.00 bits per heavy atom. The van der Waals surface area contributed by atoms with Crippen LogP contribution in [0.1, 0.15) is 6.92 Å². The zero-order valence-electron chi connectivity index (χ0n) is 8.90. The molecule has 2 nitrogen and oxygen atoms in total. The van der Waals surface area contributed by atoms with Crippen LogP contribution < -0.4 is 4.90 Å². The third-order valence-corrected chi connectivity index (χ3v) is 1.88. The van der Waals surface area contributed by atoms with Gasteiger partial charge in [-0.3, -0.25) is 4.79 Å². The molecule has 2 heteroatoms. The molecule has 0 N–H and O–H groups in total. The molecule has 76 valence electrons. The van der Waals surface area contributed by atoms with Crippen LogP contribution in [0.4, 0.5) is 5.69 Å². The quantitative estimate of drug-likeness (QED) is 0.635. The van der Waals surface area contributed by atoms with Crippen LogP contribution in [0.15, 0.2) is 42.5 Å². The second kappa shape index (κ2) is 5.66. The van der Waals surface area contributed by atoms with E-state index in [4.69, 9.17) is 0 Å². The largest absolute Gasteiger partial charge is 0.305 e. The van der Waals surface area contributed by atoms with Crippen molar-refractivity contribution < 1.29 is 4.79 Å². The average molecular weight is 199 g/mol. The molecule has 15 heavy (non-hydrogen) atoms. The van der Waals surface area contributed by atoms with Crippen LogP contribution in [-0.4, -0.2) is 13.0 Å². The smallest absolute Gasteiger partial charge is 0.302 e. The van der Waals surface area contributed by atoms with E-state index in [1.807, 2.05) is 37.3 Å². The molecular weight excluding hydrogens is 186 g/mol. The first kappa shape index (κ1) is 11.1. The maximum Gasteiger partial charge on any atom is 0.302 e. The summed E-state index contributed by atoms with van der Waals surface area (Å²) in [5.41, 5.74) is 0.845. The first-order valence-corrected chi connectivity index (χ1v) is 4.71. The Hall–Kier alpha value is -2.01. The number of carbonyl (C=O) groups excluding carboxylic acids is 1. The Labute approximate surface area is 90.2 Å². The lowest BCUT2D eigenvalue weighted by molar-refractivity contribution is -0.113. The summed E-state index contributed by atoms with van der Waals surface area (Å²) in [6.07, 6.45) is 3.44. The topological polar surface area (TPSA) is 20.3 Å². The molecule has 0 aliphatic heterocycles. The third-order valence-electron chi connectivity index (χ3n) is 1.88. The molecule has 0 spiro atoms. The lowest BCUT2D eigenvalue weighted by Crippen LogP contribution is -2.24. The minimum absolute atomic E-state index is 0.209. The van der Waals surface area contributed by atoms with Crippen LogP contribution in [-0.2, 0) is 4.79 Å². The van der Waals surface area contributed by atoms with Crippen LogP contribution in [0.3, 0.4) is 0 Å². The Kier molecular flexibility index (Phi) is 4.18. The van der Waals surface area contributed by atoms with Crippen molar-refractivity contribution in [2.45, 2.75) is 6.92 Å². The molecule has 0 aliphatic carbocycles.